The molecule has 4 rings (SSSR count). The lowest BCUT2D eigenvalue weighted by molar-refractivity contribution is -0.143. The standard InChI is InChI=1S/C27H37N3O4/c1-17(31)28-18-12-14-20(15-13-18)30-22(32)16-21(24(30)33)29(19-10-8-6-7-9-11-19)25(34)23-26(2,3)27(23,4)5/h12-15,19,21,23H,6-11,16H2,1-5H3,(H,28,31). The fraction of sp³-hybridized carbons (Fsp3) is 0.630. The molecule has 4 amide bonds. The Morgan fingerprint density at radius 1 is 0.941 bits per heavy atom. The van der Waals surface area contributed by atoms with E-state index < -0.39 is 6.04 Å². The van der Waals surface area contributed by atoms with Gasteiger partial charge in [0.25, 0.3) is 5.91 Å². The number of nitrogens with zero attached hydrogens (tertiary/aromatic N) is 2. The smallest absolute Gasteiger partial charge is 0.257 e. The van der Waals surface area contributed by atoms with Crippen molar-refractivity contribution in [1.29, 1.82) is 0 Å². The maximum absolute atomic E-state index is 14.0. The number of amides is 4. The van der Waals surface area contributed by atoms with Crippen LogP contribution in [0.4, 0.5) is 11.4 Å². The Kier molecular flexibility index (Phi) is 6.34. The first-order valence-corrected chi connectivity index (χ1v) is 12.5. The third kappa shape index (κ3) is 4.14. The molecule has 1 heterocycles. The first-order chi connectivity index (χ1) is 16.0. The molecule has 1 aromatic rings. The molecule has 184 valence electrons. The highest BCUT2D eigenvalue weighted by Gasteiger charge is 2.69. The van der Waals surface area contributed by atoms with Gasteiger partial charge in [-0.05, 0) is 47.9 Å². The molecule has 0 bridgehead atoms. The van der Waals surface area contributed by atoms with E-state index in [-0.39, 0.29) is 52.8 Å². The summed E-state index contributed by atoms with van der Waals surface area (Å²) in [7, 11) is 0. The fourth-order valence-corrected chi connectivity index (χ4v) is 6.09. The lowest BCUT2D eigenvalue weighted by atomic mass is 10.0. The molecule has 3 aliphatic rings. The summed E-state index contributed by atoms with van der Waals surface area (Å²) in [6.07, 6.45) is 6.13. The van der Waals surface area contributed by atoms with Crippen LogP contribution in [0.2, 0.25) is 0 Å². The van der Waals surface area contributed by atoms with Crippen LogP contribution in [0.1, 0.15) is 79.6 Å². The molecular formula is C27H37N3O4. The predicted molar refractivity (Wildman–Crippen MR) is 131 cm³/mol. The Labute approximate surface area is 202 Å². The van der Waals surface area contributed by atoms with Gasteiger partial charge in [-0.25, -0.2) is 4.90 Å². The van der Waals surface area contributed by atoms with Gasteiger partial charge >= 0.3 is 0 Å². The molecule has 3 fully saturated rings. The maximum Gasteiger partial charge on any atom is 0.257 e. The zero-order valence-electron chi connectivity index (χ0n) is 21.0. The van der Waals surface area contributed by atoms with Gasteiger partial charge in [-0.15, -0.1) is 0 Å². The van der Waals surface area contributed by atoms with Gasteiger partial charge in [0.05, 0.1) is 12.1 Å². The molecule has 2 aliphatic carbocycles. The van der Waals surface area contributed by atoms with E-state index in [4.69, 9.17) is 0 Å². The normalized spacial score (nSPS) is 24.6. The summed E-state index contributed by atoms with van der Waals surface area (Å²) < 4.78 is 0. The fourth-order valence-electron chi connectivity index (χ4n) is 6.09. The van der Waals surface area contributed by atoms with Crippen LogP contribution >= 0.6 is 0 Å². The molecule has 34 heavy (non-hydrogen) atoms. The van der Waals surface area contributed by atoms with Crippen LogP contribution < -0.4 is 10.2 Å². The van der Waals surface area contributed by atoms with E-state index in [0.29, 0.717) is 11.4 Å². The highest BCUT2D eigenvalue weighted by molar-refractivity contribution is 6.23. The Balaban J connectivity index is 1.63. The lowest BCUT2D eigenvalue weighted by Gasteiger charge is -2.36. The summed E-state index contributed by atoms with van der Waals surface area (Å²) in [6, 6.07) is 5.90. The van der Waals surface area contributed by atoms with Gasteiger partial charge in [0.15, 0.2) is 0 Å². The predicted octanol–water partition coefficient (Wildman–Crippen LogP) is 4.51. The molecule has 7 heteroatoms. The number of anilines is 2. The second-order valence-electron chi connectivity index (χ2n) is 11.3. The van der Waals surface area contributed by atoms with Crippen molar-refractivity contribution in [2.24, 2.45) is 16.7 Å². The summed E-state index contributed by atoms with van der Waals surface area (Å²) in [5, 5.41) is 2.69. The largest absolute Gasteiger partial charge is 0.327 e. The molecule has 1 unspecified atom stereocenters. The van der Waals surface area contributed by atoms with Crippen molar-refractivity contribution in [2.75, 3.05) is 10.2 Å². The summed E-state index contributed by atoms with van der Waals surface area (Å²) in [5.74, 6) is -0.938. The molecule has 1 aromatic carbocycles. The van der Waals surface area contributed by atoms with Crippen molar-refractivity contribution in [3.63, 3.8) is 0 Å². The molecule has 0 aromatic heterocycles. The molecule has 7 nitrogen and oxygen atoms in total. The number of nitrogens with one attached hydrogen (secondary N) is 1. The van der Waals surface area contributed by atoms with E-state index in [1.165, 1.54) is 11.8 Å². The molecule has 1 N–H and O–H groups in total. The summed E-state index contributed by atoms with van der Waals surface area (Å²) in [4.78, 5) is 55.0. The van der Waals surface area contributed by atoms with Crippen LogP contribution in [0, 0.1) is 16.7 Å². The molecular weight excluding hydrogens is 430 g/mol. The average Bonchev–Trinajstić information content (AvgIpc) is 3.18. The van der Waals surface area contributed by atoms with Crippen LogP contribution in [0.3, 0.4) is 0 Å². The van der Waals surface area contributed by atoms with Crippen LogP contribution in [0.25, 0.3) is 0 Å². The number of carbonyl (C=O) groups is 4. The number of rotatable bonds is 5. The molecule has 1 aliphatic heterocycles. The minimum atomic E-state index is -0.759. The van der Waals surface area contributed by atoms with Crippen LogP contribution in [0.5, 0.6) is 0 Å². The molecule has 1 atom stereocenters. The Bertz CT molecular complexity index is 976. The van der Waals surface area contributed by atoms with E-state index in [1.54, 1.807) is 24.3 Å². The third-order valence-electron chi connectivity index (χ3n) is 8.64. The molecule has 0 radical (unpaired) electrons. The quantitative estimate of drug-likeness (QED) is 0.510. The lowest BCUT2D eigenvalue weighted by Crippen LogP contribution is -2.52. The van der Waals surface area contributed by atoms with Gasteiger partial charge in [-0.2, -0.15) is 0 Å². The van der Waals surface area contributed by atoms with Crippen molar-refractivity contribution in [3.05, 3.63) is 24.3 Å². The number of hydrogen-bond acceptors (Lipinski definition) is 4. The summed E-state index contributed by atoms with van der Waals surface area (Å²) in [5.41, 5.74) is 0.780. The SMILES string of the molecule is CC(=O)Nc1ccc(N2C(=O)CC(N(C(=O)C3C(C)(C)C3(C)C)C3CCCCCC3)C2=O)cc1. The van der Waals surface area contributed by atoms with Gasteiger partial charge in [0.2, 0.25) is 17.7 Å². The second-order valence-corrected chi connectivity index (χ2v) is 11.3. The highest BCUT2D eigenvalue weighted by atomic mass is 16.2. The van der Waals surface area contributed by atoms with Crippen molar-refractivity contribution in [3.8, 4) is 0 Å². The van der Waals surface area contributed by atoms with Crippen LogP contribution in [-0.2, 0) is 19.2 Å². The molecule has 2 saturated carbocycles. The monoisotopic (exact) mass is 467 g/mol. The van der Waals surface area contributed by atoms with Gasteiger partial charge in [-0.1, -0.05) is 53.4 Å². The van der Waals surface area contributed by atoms with Crippen LogP contribution in [0.15, 0.2) is 24.3 Å². The Hall–Kier alpha value is -2.70. The maximum atomic E-state index is 14.0. The number of benzene rings is 1. The van der Waals surface area contributed by atoms with Crippen molar-refractivity contribution in [1.82, 2.24) is 4.90 Å². The van der Waals surface area contributed by atoms with Crippen LogP contribution in [-0.4, -0.2) is 40.6 Å². The molecule has 0 spiro atoms. The van der Waals surface area contributed by atoms with Gasteiger partial charge in [-0.3, -0.25) is 19.2 Å². The number of hydrogen-bond donors (Lipinski definition) is 1. The third-order valence-corrected chi connectivity index (χ3v) is 8.64. The Morgan fingerprint density at radius 3 is 2.00 bits per heavy atom. The van der Waals surface area contributed by atoms with Crippen molar-refractivity contribution in [2.45, 2.75) is 91.6 Å². The van der Waals surface area contributed by atoms with Gasteiger partial charge in [0, 0.05) is 24.6 Å². The average molecular weight is 468 g/mol. The minimum absolute atomic E-state index is 0.00829. The summed E-state index contributed by atoms with van der Waals surface area (Å²) >= 11 is 0. The number of imide groups is 1. The van der Waals surface area contributed by atoms with Gasteiger partial charge in [0.1, 0.15) is 6.04 Å². The van der Waals surface area contributed by atoms with Crippen molar-refractivity contribution < 1.29 is 19.2 Å². The zero-order chi connectivity index (χ0) is 24.8. The van der Waals surface area contributed by atoms with E-state index in [0.717, 1.165) is 38.5 Å². The van der Waals surface area contributed by atoms with E-state index >= 15 is 0 Å². The minimum Gasteiger partial charge on any atom is -0.327 e. The summed E-state index contributed by atoms with van der Waals surface area (Å²) in [6.45, 7) is 9.89. The van der Waals surface area contributed by atoms with Crippen molar-refractivity contribution >= 4 is 35.0 Å². The Morgan fingerprint density at radius 2 is 1.50 bits per heavy atom. The van der Waals surface area contributed by atoms with Gasteiger partial charge < -0.3 is 10.2 Å². The highest BCUT2D eigenvalue weighted by Crippen LogP contribution is 2.69. The first kappa shape index (κ1) is 24.4. The molecule has 1 saturated heterocycles. The van der Waals surface area contributed by atoms with E-state index in [2.05, 4.69) is 33.0 Å². The van der Waals surface area contributed by atoms with E-state index in [9.17, 15) is 19.2 Å². The van der Waals surface area contributed by atoms with E-state index in [1.807, 2.05) is 4.90 Å². The number of carbonyl (C=O) groups excluding carboxylic acids is 4. The topological polar surface area (TPSA) is 86.8 Å². The first-order valence-electron chi connectivity index (χ1n) is 12.5. The zero-order valence-corrected chi connectivity index (χ0v) is 21.0. The second kappa shape index (κ2) is 8.82.